The van der Waals surface area contributed by atoms with Crippen molar-refractivity contribution in [2.45, 2.75) is 5.92 Å². The van der Waals surface area contributed by atoms with Crippen LogP contribution in [-0.4, -0.2) is 36.2 Å². The first-order valence-electron chi connectivity index (χ1n) is 9.91. The average Bonchev–Trinajstić information content (AvgIpc) is 3.37. The topological polar surface area (TPSA) is 118 Å². The standard InChI is InChI=1S/C24H20N2O6/c27-21(28)10-5-12-25-23(29)22-20(11-13-31-22)26-24(30)32-14-19-17-8-3-1-6-15(17)16-7-2-4-9-18(16)19/h1-11,13,19H,12,14H2,(H,25,29)(H,26,30)(H,27,28)/b10-5+. The molecule has 162 valence electrons. The fraction of sp³-hybridized carbons (Fsp3) is 0.125. The molecule has 32 heavy (non-hydrogen) atoms. The molecule has 0 unspecified atom stereocenters. The molecule has 1 heterocycles. The molecular weight excluding hydrogens is 412 g/mol. The smallest absolute Gasteiger partial charge is 0.411 e. The van der Waals surface area contributed by atoms with Crippen molar-refractivity contribution in [2.75, 3.05) is 18.5 Å². The fourth-order valence-electron chi connectivity index (χ4n) is 3.72. The Morgan fingerprint density at radius 3 is 2.31 bits per heavy atom. The Kier molecular flexibility index (Phi) is 6.03. The summed E-state index contributed by atoms with van der Waals surface area (Å²) in [6.07, 6.45) is 2.74. The molecule has 0 radical (unpaired) electrons. The van der Waals surface area contributed by atoms with Crippen LogP contribution in [0.4, 0.5) is 10.5 Å². The van der Waals surface area contributed by atoms with E-state index in [1.807, 2.05) is 36.4 Å². The predicted molar refractivity (Wildman–Crippen MR) is 117 cm³/mol. The maximum Gasteiger partial charge on any atom is 0.411 e. The molecule has 0 aliphatic heterocycles. The lowest BCUT2D eigenvalue weighted by molar-refractivity contribution is -0.131. The first-order chi connectivity index (χ1) is 15.5. The molecule has 1 aliphatic rings. The number of hydrogen-bond acceptors (Lipinski definition) is 5. The molecule has 0 fully saturated rings. The van der Waals surface area contributed by atoms with Crippen LogP contribution in [0.1, 0.15) is 27.6 Å². The van der Waals surface area contributed by atoms with Crippen LogP contribution in [0.3, 0.4) is 0 Å². The van der Waals surface area contributed by atoms with E-state index in [2.05, 4.69) is 22.8 Å². The molecule has 0 bridgehead atoms. The fourth-order valence-corrected chi connectivity index (χ4v) is 3.72. The van der Waals surface area contributed by atoms with Gasteiger partial charge < -0.3 is 19.6 Å². The Balaban J connectivity index is 1.38. The summed E-state index contributed by atoms with van der Waals surface area (Å²) in [5, 5.41) is 13.6. The minimum absolute atomic E-state index is 0.00375. The number of amides is 2. The van der Waals surface area contributed by atoms with Gasteiger partial charge in [0, 0.05) is 24.6 Å². The van der Waals surface area contributed by atoms with E-state index in [0.29, 0.717) is 0 Å². The van der Waals surface area contributed by atoms with Crippen molar-refractivity contribution in [2.24, 2.45) is 0 Å². The summed E-state index contributed by atoms with van der Waals surface area (Å²) >= 11 is 0. The predicted octanol–water partition coefficient (Wildman–Crippen LogP) is 4.01. The summed E-state index contributed by atoms with van der Waals surface area (Å²) < 4.78 is 10.6. The van der Waals surface area contributed by atoms with E-state index < -0.39 is 18.0 Å². The van der Waals surface area contributed by atoms with Crippen molar-refractivity contribution in [3.8, 4) is 11.1 Å². The second-order valence-corrected chi connectivity index (χ2v) is 7.06. The van der Waals surface area contributed by atoms with Crippen LogP contribution < -0.4 is 10.6 Å². The van der Waals surface area contributed by atoms with Gasteiger partial charge in [-0.25, -0.2) is 9.59 Å². The second kappa shape index (κ2) is 9.22. The summed E-state index contributed by atoms with van der Waals surface area (Å²) in [7, 11) is 0. The van der Waals surface area contributed by atoms with Crippen LogP contribution in [0, 0.1) is 0 Å². The summed E-state index contributed by atoms with van der Waals surface area (Å²) in [6, 6.07) is 17.5. The number of nitrogens with one attached hydrogen (secondary N) is 2. The lowest BCUT2D eigenvalue weighted by atomic mass is 9.98. The Labute approximate surface area is 183 Å². The van der Waals surface area contributed by atoms with E-state index in [1.54, 1.807) is 0 Å². The number of aliphatic carboxylic acids is 1. The van der Waals surface area contributed by atoms with E-state index >= 15 is 0 Å². The number of rotatable bonds is 7. The number of hydrogen-bond donors (Lipinski definition) is 3. The molecule has 3 N–H and O–H groups in total. The van der Waals surface area contributed by atoms with Gasteiger partial charge in [0.25, 0.3) is 5.91 Å². The molecule has 4 rings (SSSR count). The van der Waals surface area contributed by atoms with Gasteiger partial charge in [-0.1, -0.05) is 54.6 Å². The number of ether oxygens (including phenoxy) is 1. The van der Waals surface area contributed by atoms with E-state index in [9.17, 15) is 14.4 Å². The maximum atomic E-state index is 12.4. The van der Waals surface area contributed by atoms with E-state index in [-0.39, 0.29) is 30.5 Å². The summed E-state index contributed by atoms with van der Waals surface area (Å²) in [5.41, 5.74) is 4.60. The van der Waals surface area contributed by atoms with Crippen molar-refractivity contribution in [3.63, 3.8) is 0 Å². The molecule has 0 saturated heterocycles. The van der Waals surface area contributed by atoms with Crippen LogP contribution in [0.2, 0.25) is 0 Å². The summed E-state index contributed by atoms with van der Waals surface area (Å²) in [4.78, 5) is 35.1. The molecule has 2 amide bonds. The largest absolute Gasteiger partial charge is 0.478 e. The third kappa shape index (κ3) is 4.39. The van der Waals surface area contributed by atoms with Gasteiger partial charge >= 0.3 is 12.1 Å². The average molecular weight is 432 g/mol. The summed E-state index contributed by atoms with van der Waals surface area (Å²) in [6.45, 7) is 0.134. The van der Waals surface area contributed by atoms with E-state index in [0.717, 1.165) is 28.3 Å². The van der Waals surface area contributed by atoms with Gasteiger partial charge in [-0.3, -0.25) is 10.1 Å². The highest BCUT2D eigenvalue weighted by molar-refractivity contribution is 6.00. The molecule has 2 aromatic carbocycles. The van der Waals surface area contributed by atoms with Crippen molar-refractivity contribution in [3.05, 3.63) is 89.9 Å². The number of anilines is 1. The number of carboxylic acids is 1. The Morgan fingerprint density at radius 1 is 1.00 bits per heavy atom. The van der Waals surface area contributed by atoms with Crippen LogP contribution in [0.25, 0.3) is 11.1 Å². The highest BCUT2D eigenvalue weighted by atomic mass is 16.5. The SMILES string of the molecule is O=C(O)/C=C/CNC(=O)c1occc1NC(=O)OCC1c2ccccc2-c2ccccc21. The number of carboxylic acid groups (broad SMARTS) is 1. The Bertz CT molecular complexity index is 1150. The molecule has 8 heteroatoms. The highest BCUT2D eigenvalue weighted by Gasteiger charge is 2.29. The van der Waals surface area contributed by atoms with Gasteiger partial charge in [-0.2, -0.15) is 0 Å². The molecule has 0 atom stereocenters. The zero-order chi connectivity index (χ0) is 22.5. The van der Waals surface area contributed by atoms with Gasteiger partial charge in [0.2, 0.25) is 5.76 Å². The van der Waals surface area contributed by atoms with Crippen molar-refractivity contribution in [1.82, 2.24) is 5.32 Å². The minimum Gasteiger partial charge on any atom is -0.478 e. The van der Waals surface area contributed by atoms with Crippen LogP contribution in [0.5, 0.6) is 0 Å². The number of fused-ring (bicyclic) bond motifs is 3. The monoisotopic (exact) mass is 432 g/mol. The number of furan rings is 1. The van der Waals surface area contributed by atoms with Crippen LogP contribution in [-0.2, 0) is 9.53 Å². The first-order valence-corrected chi connectivity index (χ1v) is 9.91. The lowest BCUT2D eigenvalue weighted by Gasteiger charge is -2.14. The molecule has 0 spiro atoms. The lowest BCUT2D eigenvalue weighted by Crippen LogP contribution is -2.25. The Morgan fingerprint density at radius 2 is 1.66 bits per heavy atom. The third-order valence-corrected chi connectivity index (χ3v) is 5.09. The van der Waals surface area contributed by atoms with E-state index in [1.165, 1.54) is 18.4 Å². The van der Waals surface area contributed by atoms with Gasteiger partial charge in [-0.05, 0) is 22.3 Å². The first kappa shape index (κ1) is 20.9. The normalized spacial score (nSPS) is 12.2. The number of carbonyl (C=O) groups is 3. The molecule has 3 aromatic rings. The second-order valence-electron chi connectivity index (χ2n) is 7.06. The van der Waals surface area contributed by atoms with Crippen LogP contribution in [0.15, 0.2) is 77.4 Å². The van der Waals surface area contributed by atoms with Crippen LogP contribution >= 0.6 is 0 Å². The van der Waals surface area contributed by atoms with Crippen molar-refractivity contribution >= 4 is 23.7 Å². The van der Waals surface area contributed by atoms with Gasteiger partial charge in [0.1, 0.15) is 6.61 Å². The van der Waals surface area contributed by atoms with Gasteiger partial charge in [0.05, 0.1) is 12.0 Å². The van der Waals surface area contributed by atoms with Gasteiger partial charge in [-0.15, -0.1) is 0 Å². The van der Waals surface area contributed by atoms with Gasteiger partial charge in [0.15, 0.2) is 0 Å². The zero-order valence-electron chi connectivity index (χ0n) is 16.9. The summed E-state index contributed by atoms with van der Waals surface area (Å²) in [5.74, 6) is -1.91. The van der Waals surface area contributed by atoms with Crippen molar-refractivity contribution < 1.29 is 28.6 Å². The zero-order valence-corrected chi connectivity index (χ0v) is 16.9. The highest BCUT2D eigenvalue weighted by Crippen LogP contribution is 2.44. The van der Waals surface area contributed by atoms with Crippen molar-refractivity contribution in [1.29, 1.82) is 0 Å². The molecule has 0 saturated carbocycles. The number of benzene rings is 2. The third-order valence-electron chi connectivity index (χ3n) is 5.09. The van der Waals surface area contributed by atoms with E-state index in [4.69, 9.17) is 14.3 Å². The molecular formula is C24H20N2O6. The maximum absolute atomic E-state index is 12.4. The Hall–Kier alpha value is -4.33. The quantitative estimate of drug-likeness (QED) is 0.486. The number of carbonyl (C=O) groups excluding carboxylic acids is 2. The molecule has 1 aliphatic carbocycles. The molecule has 1 aromatic heterocycles. The molecule has 8 nitrogen and oxygen atoms in total. The minimum atomic E-state index is -1.12.